The highest BCUT2D eigenvalue weighted by Crippen LogP contribution is 2.44. The molecule has 2 fully saturated rings. The summed E-state index contributed by atoms with van der Waals surface area (Å²) in [5.74, 6) is 1.88. The van der Waals surface area contributed by atoms with Crippen molar-refractivity contribution in [3.05, 3.63) is 0 Å². The summed E-state index contributed by atoms with van der Waals surface area (Å²) in [7, 11) is 0. The molecule has 12 heavy (non-hydrogen) atoms. The lowest BCUT2D eigenvalue weighted by molar-refractivity contribution is -0.120. The number of carbonyl (C=O) groups excluding carboxylic acids is 1. The van der Waals surface area contributed by atoms with Crippen LogP contribution < -0.4 is 0 Å². The van der Waals surface area contributed by atoms with Crippen LogP contribution in [0, 0.1) is 11.8 Å². The monoisotopic (exact) mass is 166 g/mol. The lowest BCUT2D eigenvalue weighted by Gasteiger charge is -2.05. The number of ketones is 1. The van der Waals surface area contributed by atoms with Crippen molar-refractivity contribution < 1.29 is 4.79 Å². The summed E-state index contributed by atoms with van der Waals surface area (Å²) >= 11 is 0. The van der Waals surface area contributed by atoms with Crippen molar-refractivity contribution in [2.45, 2.75) is 51.4 Å². The molecule has 2 atom stereocenters. The molecule has 0 unspecified atom stereocenters. The first-order valence-electron chi connectivity index (χ1n) is 5.40. The Balaban J connectivity index is 1.84. The maximum atomic E-state index is 11.5. The molecule has 0 amide bonds. The molecule has 2 rings (SSSR count). The van der Waals surface area contributed by atoms with Gasteiger partial charge in [0.15, 0.2) is 0 Å². The summed E-state index contributed by atoms with van der Waals surface area (Å²) in [6.45, 7) is 0. The highest BCUT2D eigenvalue weighted by Gasteiger charge is 2.41. The average Bonchev–Trinajstić information content (AvgIpc) is 2.82. The molecule has 0 aromatic heterocycles. The third-order valence-electron chi connectivity index (χ3n) is 3.33. The van der Waals surface area contributed by atoms with E-state index in [1.54, 1.807) is 0 Å². The third-order valence-corrected chi connectivity index (χ3v) is 3.33. The number of rotatable bonds is 0. The van der Waals surface area contributed by atoms with Gasteiger partial charge in [0.05, 0.1) is 0 Å². The second kappa shape index (κ2) is 3.59. The summed E-state index contributed by atoms with van der Waals surface area (Å²) in [6, 6.07) is 0. The standard InChI is InChI=1S/C11H18O/c12-11-7-5-3-1-2-4-6-9-8-10(9)11/h9-10H,1-8H2/t9-,10-/m1/s1. The summed E-state index contributed by atoms with van der Waals surface area (Å²) in [6.07, 6.45) is 9.98. The van der Waals surface area contributed by atoms with Gasteiger partial charge in [0, 0.05) is 12.3 Å². The van der Waals surface area contributed by atoms with Crippen LogP contribution in [0.1, 0.15) is 51.4 Å². The highest BCUT2D eigenvalue weighted by molar-refractivity contribution is 5.83. The van der Waals surface area contributed by atoms with Crippen molar-refractivity contribution >= 4 is 5.78 Å². The minimum Gasteiger partial charge on any atom is -0.299 e. The van der Waals surface area contributed by atoms with Gasteiger partial charge in [-0.15, -0.1) is 0 Å². The van der Waals surface area contributed by atoms with Crippen LogP contribution in [0.3, 0.4) is 0 Å². The molecule has 2 saturated carbocycles. The SMILES string of the molecule is O=C1CCCCCCC[C@@H]2C[C@@H]12. The molecule has 0 radical (unpaired) electrons. The number of carbonyl (C=O) groups is 1. The molecule has 0 spiro atoms. The van der Waals surface area contributed by atoms with Crippen LogP contribution in [0.5, 0.6) is 0 Å². The van der Waals surface area contributed by atoms with Gasteiger partial charge in [-0.25, -0.2) is 0 Å². The zero-order valence-corrected chi connectivity index (χ0v) is 7.72. The van der Waals surface area contributed by atoms with Crippen LogP contribution in [0.4, 0.5) is 0 Å². The molecule has 0 N–H and O–H groups in total. The van der Waals surface area contributed by atoms with Gasteiger partial charge in [-0.05, 0) is 25.2 Å². The Morgan fingerprint density at radius 1 is 1.00 bits per heavy atom. The van der Waals surface area contributed by atoms with Crippen LogP contribution in [0.2, 0.25) is 0 Å². The van der Waals surface area contributed by atoms with E-state index in [9.17, 15) is 4.79 Å². The molecule has 0 saturated heterocycles. The third kappa shape index (κ3) is 1.88. The molecule has 0 bridgehead atoms. The quantitative estimate of drug-likeness (QED) is 0.540. The zero-order valence-electron chi connectivity index (χ0n) is 7.72. The molecular formula is C11H18O. The molecule has 0 aromatic rings. The Morgan fingerprint density at radius 2 is 1.75 bits per heavy atom. The van der Waals surface area contributed by atoms with Gasteiger partial charge in [0.25, 0.3) is 0 Å². The normalized spacial score (nSPS) is 37.2. The van der Waals surface area contributed by atoms with Gasteiger partial charge in [0.1, 0.15) is 5.78 Å². The minimum absolute atomic E-state index is 0.503. The number of hydrogen-bond acceptors (Lipinski definition) is 1. The van der Waals surface area contributed by atoms with Crippen molar-refractivity contribution in [1.29, 1.82) is 0 Å². The summed E-state index contributed by atoms with van der Waals surface area (Å²) in [4.78, 5) is 11.5. The first-order chi connectivity index (χ1) is 5.88. The van der Waals surface area contributed by atoms with Crippen molar-refractivity contribution in [1.82, 2.24) is 0 Å². The lowest BCUT2D eigenvalue weighted by Crippen LogP contribution is -2.03. The fraction of sp³-hybridized carbons (Fsp3) is 0.909. The van der Waals surface area contributed by atoms with E-state index in [0.717, 1.165) is 18.8 Å². The molecule has 2 aliphatic rings. The molecular weight excluding hydrogens is 148 g/mol. The Kier molecular flexibility index (Phi) is 2.48. The number of Topliss-reactive ketones (excluding diaryl/α,β-unsaturated/α-hetero) is 1. The smallest absolute Gasteiger partial charge is 0.136 e. The first kappa shape index (κ1) is 8.28. The number of hydrogen-bond donors (Lipinski definition) is 0. The molecule has 0 aliphatic heterocycles. The van der Waals surface area contributed by atoms with E-state index in [-0.39, 0.29) is 0 Å². The Morgan fingerprint density at radius 3 is 2.67 bits per heavy atom. The fourth-order valence-electron chi connectivity index (χ4n) is 2.38. The summed E-state index contributed by atoms with van der Waals surface area (Å²) in [5.41, 5.74) is 0. The van der Waals surface area contributed by atoms with Crippen molar-refractivity contribution in [3.8, 4) is 0 Å². The average molecular weight is 166 g/mol. The maximum Gasteiger partial charge on any atom is 0.136 e. The summed E-state index contributed by atoms with van der Waals surface area (Å²) in [5, 5.41) is 0. The van der Waals surface area contributed by atoms with E-state index in [2.05, 4.69) is 0 Å². The molecule has 2 aliphatic carbocycles. The zero-order chi connectivity index (χ0) is 8.39. The molecule has 68 valence electrons. The highest BCUT2D eigenvalue weighted by atomic mass is 16.1. The topological polar surface area (TPSA) is 17.1 Å². The maximum absolute atomic E-state index is 11.5. The molecule has 1 nitrogen and oxygen atoms in total. The largest absolute Gasteiger partial charge is 0.299 e. The van der Waals surface area contributed by atoms with Gasteiger partial charge < -0.3 is 0 Å². The van der Waals surface area contributed by atoms with Crippen molar-refractivity contribution in [2.24, 2.45) is 11.8 Å². The van der Waals surface area contributed by atoms with E-state index in [1.807, 2.05) is 0 Å². The van der Waals surface area contributed by atoms with Crippen LogP contribution in [-0.4, -0.2) is 5.78 Å². The van der Waals surface area contributed by atoms with E-state index in [1.165, 1.54) is 38.5 Å². The fourth-order valence-corrected chi connectivity index (χ4v) is 2.38. The summed E-state index contributed by atoms with van der Waals surface area (Å²) < 4.78 is 0. The predicted molar refractivity (Wildman–Crippen MR) is 48.9 cm³/mol. The van der Waals surface area contributed by atoms with Gasteiger partial charge >= 0.3 is 0 Å². The Bertz CT molecular complexity index is 174. The van der Waals surface area contributed by atoms with Crippen LogP contribution in [-0.2, 0) is 4.79 Å². The Hall–Kier alpha value is -0.330. The first-order valence-corrected chi connectivity index (χ1v) is 5.40. The van der Waals surface area contributed by atoms with Crippen LogP contribution in [0.25, 0.3) is 0 Å². The molecule has 0 aromatic carbocycles. The van der Waals surface area contributed by atoms with Crippen molar-refractivity contribution in [2.75, 3.05) is 0 Å². The minimum atomic E-state index is 0.503. The van der Waals surface area contributed by atoms with E-state index >= 15 is 0 Å². The van der Waals surface area contributed by atoms with E-state index < -0.39 is 0 Å². The van der Waals surface area contributed by atoms with Crippen LogP contribution in [0.15, 0.2) is 0 Å². The predicted octanol–water partition coefficient (Wildman–Crippen LogP) is 2.94. The van der Waals surface area contributed by atoms with E-state index in [4.69, 9.17) is 0 Å². The van der Waals surface area contributed by atoms with Gasteiger partial charge in [-0.3, -0.25) is 4.79 Å². The molecule has 0 heterocycles. The Labute approximate surface area is 74.5 Å². The lowest BCUT2D eigenvalue weighted by atomic mass is 10.0. The number of fused-ring (bicyclic) bond motifs is 1. The van der Waals surface area contributed by atoms with Gasteiger partial charge in [0.2, 0.25) is 0 Å². The van der Waals surface area contributed by atoms with Gasteiger partial charge in [-0.1, -0.05) is 25.7 Å². The van der Waals surface area contributed by atoms with Gasteiger partial charge in [-0.2, -0.15) is 0 Å². The second-order valence-electron chi connectivity index (χ2n) is 4.38. The van der Waals surface area contributed by atoms with Crippen LogP contribution >= 0.6 is 0 Å². The van der Waals surface area contributed by atoms with Crippen molar-refractivity contribution in [3.63, 3.8) is 0 Å². The van der Waals surface area contributed by atoms with E-state index in [0.29, 0.717) is 11.7 Å². The molecule has 1 heteroatoms. The second-order valence-corrected chi connectivity index (χ2v) is 4.38.